The Bertz CT molecular complexity index is 668. The van der Waals surface area contributed by atoms with E-state index in [1.165, 1.54) is 6.42 Å². The van der Waals surface area contributed by atoms with Crippen LogP contribution in [0.3, 0.4) is 0 Å². The lowest BCUT2D eigenvalue weighted by Crippen LogP contribution is -2.25. The summed E-state index contributed by atoms with van der Waals surface area (Å²) in [7, 11) is -10.2. The molecule has 0 unspecified atom stereocenters. The third-order valence-electron chi connectivity index (χ3n) is 3.47. The Kier molecular flexibility index (Phi) is 10.6. The number of ether oxygens (including phenoxy) is 1. The van der Waals surface area contributed by atoms with Crippen LogP contribution in [0, 0.1) is 6.92 Å². The number of aryl methyl sites for hydroxylation is 1. The summed E-state index contributed by atoms with van der Waals surface area (Å²) < 4.78 is 36.2. The van der Waals surface area contributed by atoms with Gasteiger partial charge in [-0.3, -0.25) is 0 Å². The standard InChI is InChI=1S/C15H28N2O9P2/c1-3-4-5-6-7-8-11-24-13-10-9-12(2)16-14(13)17-15(25-27(18,19)20)26-28(21,22)23/h9-10,15H,3-8,11H2,1-2H3,(H,16,17)(H2,18,19,20)(H2,21,22,23). The summed E-state index contributed by atoms with van der Waals surface area (Å²) in [5.74, 6) is 0.200. The summed E-state index contributed by atoms with van der Waals surface area (Å²) >= 11 is 0. The molecule has 0 amide bonds. The number of unbranched alkanes of at least 4 members (excludes halogenated alkanes) is 5. The Morgan fingerprint density at radius 1 is 1.00 bits per heavy atom. The highest BCUT2D eigenvalue weighted by Crippen LogP contribution is 2.44. The number of phosphoric acid groups is 2. The van der Waals surface area contributed by atoms with Crippen molar-refractivity contribution in [2.45, 2.75) is 58.8 Å². The van der Waals surface area contributed by atoms with Crippen LogP contribution in [-0.2, 0) is 18.2 Å². The van der Waals surface area contributed by atoms with E-state index >= 15 is 0 Å². The number of pyridine rings is 1. The van der Waals surface area contributed by atoms with Gasteiger partial charge in [0.25, 0.3) is 6.41 Å². The van der Waals surface area contributed by atoms with E-state index in [0.717, 1.165) is 32.1 Å². The molecule has 0 saturated carbocycles. The van der Waals surface area contributed by atoms with E-state index in [0.29, 0.717) is 12.3 Å². The first-order valence-corrected chi connectivity index (χ1v) is 11.9. The maximum absolute atomic E-state index is 11.0. The fourth-order valence-corrected chi connectivity index (χ4v) is 3.02. The minimum atomic E-state index is -5.11. The molecule has 13 heteroatoms. The lowest BCUT2D eigenvalue weighted by atomic mass is 10.1. The number of aromatic nitrogens is 1. The number of nitrogens with one attached hydrogen (secondary N) is 1. The molecule has 0 saturated heterocycles. The van der Waals surface area contributed by atoms with E-state index in [2.05, 4.69) is 26.3 Å². The van der Waals surface area contributed by atoms with Crippen LogP contribution in [0.4, 0.5) is 5.82 Å². The minimum Gasteiger partial charge on any atom is -0.490 e. The maximum Gasteiger partial charge on any atom is 0.473 e. The molecule has 1 aromatic rings. The number of rotatable bonds is 14. The molecule has 0 aromatic carbocycles. The average molecular weight is 442 g/mol. The summed E-state index contributed by atoms with van der Waals surface area (Å²) in [6.45, 7) is 4.18. The molecule has 0 aliphatic heterocycles. The van der Waals surface area contributed by atoms with Gasteiger partial charge in [0.05, 0.1) is 6.61 Å². The lowest BCUT2D eigenvalue weighted by molar-refractivity contribution is -0.0130. The lowest BCUT2D eigenvalue weighted by Gasteiger charge is -2.21. The Morgan fingerprint density at radius 2 is 1.57 bits per heavy atom. The van der Waals surface area contributed by atoms with Crippen molar-refractivity contribution in [2.24, 2.45) is 0 Å². The van der Waals surface area contributed by atoms with Gasteiger partial charge < -0.3 is 29.6 Å². The topological polar surface area (TPSA) is 168 Å². The molecule has 0 spiro atoms. The van der Waals surface area contributed by atoms with E-state index in [9.17, 15) is 9.13 Å². The molecule has 5 N–H and O–H groups in total. The van der Waals surface area contributed by atoms with Crippen molar-refractivity contribution in [1.29, 1.82) is 0 Å². The van der Waals surface area contributed by atoms with E-state index < -0.39 is 22.1 Å². The largest absolute Gasteiger partial charge is 0.490 e. The molecule has 0 bridgehead atoms. The van der Waals surface area contributed by atoms with Crippen molar-refractivity contribution < 1.29 is 42.5 Å². The molecule has 11 nitrogen and oxygen atoms in total. The number of hydrogen-bond acceptors (Lipinski definition) is 7. The van der Waals surface area contributed by atoms with Crippen LogP contribution in [0.1, 0.15) is 51.1 Å². The average Bonchev–Trinajstić information content (AvgIpc) is 2.52. The molecule has 162 valence electrons. The van der Waals surface area contributed by atoms with Gasteiger partial charge in [0.2, 0.25) is 0 Å². The molecular formula is C15H28N2O9P2. The first kappa shape index (κ1) is 25.0. The zero-order valence-electron chi connectivity index (χ0n) is 15.9. The smallest absolute Gasteiger partial charge is 0.473 e. The van der Waals surface area contributed by atoms with Gasteiger partial charge in [-0.05, 0) is 25.5 Å². The fourth-order valence-electron chi connectivity index (χ4n) is 2.26. The Labute approximate surface area is 163 Å². The van der Waals surface area contributed by atoms with Crippen molar-refractivity contribution in [1.82, 2.24) is 4.98 Å². The van der Waals surface area contributed by atoms with Gasteiger partial charge in [-0.15, -0.1) is 0 Å². The molecule has 1 heterocycles. The SMILES string of the molecule is CCCCCCCCOc1ccc(C)nc1NC(OP(=O)(O)O)OP(=O)(O)O. The van der Waals surface area contributed by atoms with Gasteiger partial charge in [-0.2, -0.15) is 0 Å². The summed E-state index contributed by atoms with van der Waals surface area (Å²) in [5, 5.41) is 2.31. The highest BCUT2D eigenvalue weighted by Gasteiger charge is 2.30. The van der Waals surface area contributed by atoms with Crippen molar-refractivity contribution in [3.63, 3.8) is 0 Å². The first-order valence-electron chi connectivity index (χ1n) is 8.85. The predicted molar refractivity (Wildman–Crippen MR) is 102 cm³/mol. The zero-order chi connectivity index (χ0) is 21.2. The second kappa shape index (κ2) is 11.8. The van der Waals surface area contributed by atoms with Gasteiger partial charge in [-0.25, -0.2) is 23.2 Å². The second-order valence-electron chi connectivity index (χ2n) is 6.08. The van der Waals surface area contributed by atoms with E-state index in [1.54, 1.807) is 19.1 Å². The monoisotopic (exact) mass is 442 g/mol. The van der Waals surface area contributed by atoms with Crippen molar-refractivity contribution in [3.8, 4) is 5.75 Å². The van der Waals surface area contributed by atoms with Gasteiger partial charge in [0, 0.05) is 5.69 Å². The molecule has 0 fully saturated rings. The zero-order valence-corrected chi connectivity index (χ0v) is 17.6. The van der Waals surface area contributed by atoms with E-state index in [-0.39, 0.29) is 11.6 Å². The molecule has 28 heavy (non-hydrogen) atoms. The maximum atomic E-state index is 11.0. The second-order valence-corrected chi connectivity index (χ2v) is 8.47. The molecule has 0 radical (unpaired) electrons. The Balaban J connectivity index is 2.76. The number of phosphoric ester groups is 2. The third kappa shape index (κ3) is 11.7. The molecule has 0 aliphatic rings. The van der Waals surface area contributed by atoms with Gasteiger partial charge in [-0.1, -0.05) is 39.0 Å². The number of anilines is 1. The predicted octanol–water partition coefficient (Wildman–Crippen LogP) is 3.04. The van der Waals surface area contributed by atoms with Crippen molar-refractivity contribution in [2.75, 3.05) is 11.9 Å². The highest BCUT2D eigenvalue weighted by molar-refractivity contribution is 7.47. The van der Waals surface area contributed by atoms with Gasteiger partial charge in [0.1, 0.15) is 0 Å². The van der Waals surface area contributed by atoms with Crippen molar-refractivity contribution >= 4 is 21.5 Å². The van der Waals surface area contributed by atoms with Crippen LogP contribution in [0.15, 0.2) is 12.1 Å². The Hall–Kier alpha value is -1.03. The van der Waals surface area contributed by atoms with Crippen LogP contribution in [0.5, 0.6) is 5.75 Å². The number of nitrogens with zero attached hydrogens (tertiary/aromatic N) is 1. The molecular weight excluding hydrogens is 414 g/mol. The minimum absolute atomic E-state index is 0.0297. The van der Waals surface area contributed by atoms with Crippen LogP contribution < -0.4 is 10.1 Å². The van der Waals surface area contributed by atoms with Crippen LogP contribution >= 0.6 is 15.6 Å². The quantitative estimate of drug-likeness (QED) is 0.163. The molecule has 1 aromatic heterocycles. The molecule has 1 rings (SSSR count). The fraction of sp³-hybridized carbons (Fsp3) is 0.667. The summed E-state index contributed by atoms with van der Waals surface area (Å²) in [5.41, 5.74) is 0.528. The van der Waals surface area contributed by atoms with Gasteiger partial charge in [0.15, 0.2) is 11.6 Å². The summed E-state index contributed by atoms with van der Waals surface area (Å²) in [4.78, 5) is 39.8. The number of hydrogen-bond donors (Lipinski definition) is 5. The molecule has 0 aliphatic carbocycles. The first-order chi connectivity index (χ1) is 13.0. The van der Waals surface area contributed by atoms with Gasteiger partial charge >= 0.3 is 15.6 Å². The van der Waals surface area contributed by atoms with Crippen LogP contribution in [-0.4, -0.2) is 37.6 Å². The van der Waals surface area contributed by atoms with E-state index in [4.69, 9.17) is 24.3 Å². The highest BCUT2D eigenvalue weighted by atomic mass is 31.2. The van der Waals surface area contributed by atoms with Crippen molar-refractivity contribution in [3.05, 3.63) is 17.8 Å². The summed E-state index contributed by atoms with van der Waals surface area (Å²) in [6, 6.07) is 3.23. The van der Waals surface area contributed by atoms with Crippen LogP contribution in [0.25, 0.3) is 0 Å². The van der Waals surface area contributed by atoms with E-state index in [1.807, 2.05) is 0 Å². The van der Waals surface area contributed by atoms with Crippen LogP contribution in [0.2, 0.25) is 0 Å². The molecule has 0 atom stereocenters. The Morgan fingerprint density at radius 3 is 2.14 bits per heavy atom. The normalized spacial score (nSPS) is 12.4. The summed E-state index contributed by atoms with van der Waals surface area (Å²) in [6.07, 6.45) is 4.27. The third-order valence-corrected chi connectivity index (χ3v) is 4.41.